The van der Waals surface area contributed by atoms with Crippen LogP contribution >= 0.6 is 11.8 Å². The molecule has 14 heavy (non-hydrogen) atoms. The lowest BCUT2D eigenvalue weighted by molar-refractivity contribution is 0.510. The maximum Gasteiger partial charge on any atom is 0.0951 e. The Morgan fingerprint density at radius 3 is 3.29 bits per heavy atom. The highest BCUT2D eigenvalue weighted by molar-refractivity contribution is 7.99. The summed E-state index contributed by atoms with van der Waals surface area (Å²) < 4.78 is 2.27. The molecule has 2 atom stereocenters. The van der Waals surface area contributed by atoms with Crippen molar-refractivity contribution < 1.29 is 0 Å². The number of nitrogens with zero attached hydrogens (tertiary/aromatic N) is 2. The minimum Gasteiger partial charge on any atom is -0.329 e. The summed E-state index contributed by atoms with van der Waals surface area (Å²) in [6.07, 6.45) is 6.08. The van der Waals surface area contributed by atoms with Crippen molar-refractivity contribution in [2.24, 2.45) is 5.73 Å². The zero-order valence-corrected chi connectivity index (χ0v) is 9.33. The Labute approximate surface area is 89.1 Å². The fourth-order valence-corrected chi connectivity index (χ4v) is 3.06. The molecular weight excluding hydrogens is 194 g/mol. The summed E-state index contributed by atoms with van der Waals surface area (Å²) in [7, 11) is 0. The normalized spacial score (nSPS) is 24.0. The molecule has 2 N–H and O–H groups in total. The lowest BCUT2D eigenvalue weighted by atomic mass is 10.1. The molecule has 1 fully saturated rings. The number of rotatable bonds is 3. The Kier molecular flexibility index (Phi) is 3.13. The summed E-state index contributed by atoms with van der Waals surface area (Å²) in [4.78, 5) is 4.21. The molecule has 0 radical (unpaired) electrons. The Hall–Kier alpha value is -0.480. The molecule has 3 nitrogen and oxygen atoms in total. The lowest BCUT2D eigenvalue weighted by Crippen LogP contribution is -2.17. The minimum atomic E-state index is 0.142. The smallest absolute Gasteiger partial charge is 0.0951 e. The zero-order chi connectivity index (χ0) is 9.97. The fraction of sp³-hybridized carbons (Fsp3) is 0.700. The van der Waals surface area contributed by atoms with Gasteiger partial charge in [-0.25, -0.2) is 4.98 Å². The van der Waals surface area contributed by atoms with Crippen LogP contribution in [0.3, 0.4) is 0 Å². The van der Waals surface area contributed by atoms with Crippen molar-refractivity contribution in [3.8, 4) is 0 Å². The van der Waals surface area contributed by atoms with E-state index in [0.29, 0.717) is 6.04 Å². The Bertz CT molecular complexity index is 291. The van der Waals surface area contributed by atoms with Gasteiger partial charge in [0.25, 0.3) is 0 Å². The van der Waals surface area contributed by atoms with Crippen LogP contribution in [0.2, 0.25) is 0 Å². The highest BCUT2D eigenvalue weighted by Crippen LogP contribution is 2.30. The largest absolute Gasteiger partial charge is 0.329 e. The Morgan fingerprint density at radius 2 is 2.64 bits per heavy atom. The molecule has 1 aromatic heterocycles. The van der Waals surface area contributed by atoms with E-state index in [9.17, 15) is 0 Å². The fourth-order valence-electron chi connectivity index (χ4n) is 1.86. The van der Waals surface area contributed by atoms with Gasteiger partial charge < -0.3 is 10.3 Å². The van der Waals surface area contributed by atoms with Gasteiger partial charge >= 0.3 is 0 Å². The van der Waals surface area contributed by atoms with Crippen LogP contribution in [0.4, 0.5) is 0 Å². The maximum atomic E-state index is 6.04. The van der Waals surface area contributed by atoms with Gasteiger partial charge in [-0.05, 0) is 18.6 Å². The van der Waals surface area contributed by atoms with E-state index in [1.54, 1.807) is 0 Å². The van der Waals surface area contributed by atoms with Crippen molar-refractivity contribution in [1.82, 2.24) is 9.55 Å². The molecule has 1 aliphatic heterocycles. The summed E-state index contributed by atoms with van der Waals surface area (Å²) in [6, 6.07) is 0.762. The zero-order valence-electron chi connectivity index (χ0n) is 8.52. The SMILES string of the molecule is CC[C@@H](N)c1cncn1C1CCSC1. The average Bonchev–Trinajstić information content (AvgIpc) is 2.85. The van der Waals surface area contributed by atoms with E-state index in [1.807, 2.05) is 24.3 Å². The van der Waals surface area contributed by atoms with Crippen LogP contribution in [0.5, 0.6) is 0 Å². The average molecular weight is 211 g/mol. The minimum absolute atomic E-state index is 0.142. The highest BCUT2D eigenvalue weighted by Gasteiger charge is 2.21. The van der Waals surface area contributed by atoms with Crippen molar-refractivity contribution in [2.45, 2.75) is 31.8 Å². The summed E-state index contributed by atoms with van der Waals surface area (Å²) in [5, 5.41) is 0. The van der Waals surface area contributed by atoms with Crippen LogP contribution in [0.15, 0.2) is 12.5 Å². The molecule has 0 aromatic carbocycles. The van der Waals surface area contributed by atoms with Crippen molar-refractivity contribution in [2.75, 3.05) is 11.5 Å². The van der Waals surface area contributed by atoms with E-state index >= 15 is 0 Å². The summed E-state index contributed by atoms with van der Waals surface area (Å²) in [5.74, 6) is 2.48. The third kappa shape index (κ3) is 1.81. The second kappa shape index (κ2) is 4.36. The monoisotopic (exact) mass is 211 g/mol. The number of aromatic nitrogens is 2. The maximum absolute atomic E-state index is 6.04. The molecule has 0 amide bonds. The molecular formula is C10H17N3S. The van der Waals surface area contributed by atoms with Gasteiger partial charge in [0.2, 0.25) is 0 Å². The van der Waals surface area contributed by atoms with Crippen LogP contribution in [0.25, 0.3) is 0 Å². The standard InChI is InChI=1S/C10H17N3S/c1-2-9(11)10-5-12-7-13(10)8-3-4-14-6-8/h5,7-9H,2-4,6,11H2,1H3/t8?,9-/m1/s1. The first-order chi connectivity index (χ1) is 6.83. The molecule has 0 aliphatic carbocycles. The Morgan fingerprint density at radius 1 is 1.79 bits per heavy atom. The van der Waals surface area contributed by atoms with Crippen molar-refractivity contribution in [3.63, 3.8) is 0 Å². The lowest BCUT2D eigenvalue weighted by Gasteiger charge is -2.17. The van der Waals surface area contributed by atoms with Gasteiger partial charge in [0.05, 0.1) is 12.0 Å². The van der Waals surface area contributed by atoms with Crippen molar-refractivity contribution >= 4 is 11.8 Å². The van der Waals surface area contributed by atoms with Gasteiger partial charge in [0.1, 0.15) is 0 Å². The number of nitrogens with two attached hydrogens (primary N) is 1. The quantitative estimate of drug-likeness (QED) is 0.831. The number of hydrogen-bond donors (Lipinski definition) is 1. The first-order valence-electron chi connectivity index (χ1n) is 5.18. The Balaban J connectivity index is 2.19. The first-order valence-corrected chi connectivity index (χ1v) is 6.33. The van der Waals surface area contributed by atoms with Crippen molar-refractivity contribution in [1.29, 1.82) is 0 Å². The topological polar surface area (TPSA) is 43.8 Å². The summed E-state index contributed by atoms with van der Waals surface area (Å²) >= 11 is 2.02. The molecule has 4 heteroatoms. The second-order valence-corrected chi connectivity index (χ2v) is 4.91. The number of hydrogen-bond acceptors (Lipinski definition) is 3. The van der Waals surface area contributed by atoms with E-state index in [2.05, 4.69) is 16.5 Å². The van der Waals surface area contributed by atoms with Gasteiger partial charge in [-0.1, -0.05) is 6.92 Å². The predicted molar refractivity (Wildman–Crippen MR) is 60.4 cm³/mol. The molecule has 1 aromatic rings. The van der Waals surface area contributed by atoms with Crippen LogP contribution in [-0.4, -0.2) is 21.1 Å². The van der Waals surface area contributed by atoms with Gasteiger partial charge in [-0.3, -0.25) is 0 Å². The van der Waals surface area contributed by atoms with E-state index in [1.165, 1.54) is 23.6 Å². The molecule has 78 valence electrons. The summed E-state index contributed by atoms with van der Waals surface area (Å²) in [6.45, 7) is 2.12. The first kappa shape index (κ1) is 10.1. The van der Waals surface area contributed by atoms with E-state index < -0.39 is 0 Å². The molecule has 1 saturated heterocycles. The molecule has 0 bridgehead atoms. The van der Waals surface area contributed by atoms with E-state index in [0.717, 1.165) is 6.42 Å². The molecule has 1 aliphatic rings. The third-order valence-corrected chi connectivity index (χ3v) is 3.96. The highest BCUT2D eigenvalue weighted by atomic mass is 32.2. The molecule has 2 rings (SSSR count). The van der Waals surface area contributed by atoms with Crippen LogP contribution in [-0.2, 0) is 0 Å². The van der Waals surface area contributed by atoms with Gasteiger partial charge in [0.15, 0.2) is 0 Å². The van der Waals surface area contributed by atoms with E-state index in [4.69, 9.17) is 5.73 Å². The third-order valence-electron chi connectivity index (χ3n) is 2.81. The number of imidazole rings is 1. The van der Waals surface area contributed by atoms with Gasteiger partial charge in [0, 0.05) is 24.0 Å². The number of thioether (sulfide) groups is 1. The molecule has 1 unspecified atom stereocenters. The second-order valence-electron chi connectivity index (χ2n) is 3.76. The van der Waals surface area contributed by atoms with Crippen LogP contribution < -0.4 is 5.73 Å². The van der Waals surface area contributed by atoms with Gasteiger partial charge in [-0.15, -0.1) is 0 Å². The van der Waals surface area contributed by atoms with Crippen molar-refractivity contribution in [3.05, 3.63) is 18.2 Å². The molecule has 2 heterocycles. The van der Waals surface area contributed by atoms with Crippen LogP contribution in [0.1, 0.15) is 37.5 Å². The molecule has 0 spiro atoms. The predicted octanol–water partition coefficient (Wildman–Crippen LogP) is 1.97. The van der Waals surface area contributed by atoms with Crippen LogP contribution in [0, 0.1) is 0 Å². The summed E-state index contributed by atoms with van der Waals surface area (Å²) in [5.41, 5.74) is 7.23. The van der Waals surface area contributed by atoms with E-state index in [-0.39, 0.29) is 6.04 Å². The molecule has 0 saturated carbocycles. The van der Waals surface area contributed by atoms with Gasteiger partial charge in [-0.2, -0.15) is 11.8 Å².